The molecule has 1 heterocycles. The molecule has 0 unspecified atom stereocenters. The lowest BCUT2D eigenvalue weighted by atomic mass is 10.1. The van der Waals surface area contributed by atoms with E-state index in [4.69, 9.17) is 4.42 Å². The van der Waals surface area contributed by atoms with Crippen molar-refractivity contribution in [2.24, 2.45) is 0 Å². The zero-order valence-corrected chi connectivity index (χ0v) is 10.0. The van der Waals surface area contributed by atoms with Gasteiger partial charge in [0.05, 0.1) is 6.54 Å². The van der Waals surface area contributed by atoms with E-state index in [0.717, 1.165) is 12.1 Å². The van der Waals surface area contributed by atoms with Crippen molar-refractivity contribution < 1.29 is 4.42 Å². The van der Waals surface area contributed by atoms with Crippen molar-refractivity contribution in [1.82, 2.24) is 15.5 Å². The number of rotatable bonds is 5. The van der Waals surface area contributed by atoms with E-state index in [1.807, 2.05) is 25.2 Å². The third kappa shape index (κ3) is 2.82. The van der Waals surface area contributed by atoms with Gasteiger partial charge in [0.2, 0.25) is 5.89 Å². The summed E-state index contributed by atoms with van der Waals surface area (Å²) in [4.78, 5) is 0. The first-order valence-electron chi connectivity index (χ1n) is 5.65. The summed E-state index contributed by atoms with van der Waals surface area (Å²) in [7, 11) is 1.84. The molecule has 1 aromatic carbocycles. The van der Waals surface area contributed by atoms with E-state index in [1.165, 1.54) is 5.56 Å². The Kier molecular flexibility index (Phi) is 3.72. The fourth-order valence-corrected chi connectivity index (χ4v) is 1.59. The molecule has 2 aromatic rings. The zero-order chi connectivity index (χ0) is 12.1. The Labute approximate surface area is 100 Å². The number of aromatic nitrogens is 2. The van der Waals surface area contributed by atoms with Gasteiger partial charge in [-0.15, -0.1) is 5.10 Å². The fourth-order valence-electron chi connectivity index (χ4n) is 1.59. The first-order valence-corrected chi connectivity index (χ1v) is 5.65. The summed E-state index contributed by atoms with van der Waals surface area (Å²) >= 11 is 0. The van der Waals surface area contributed by atoms with Gasteiger partial charge < -0.3 is 15.1 Å². The Hall–Kier alpha value is -1.88. The highest BCUT2D eigenvalue weighted by molar-refractivity contribution is 5.57. The van der Waals surface area contributed by atoms with Crippen LogP contribution in [-0.4, -0.2) is 17.2 Å². The van der Waals surface area contributed by atoms with Crippen molar-refractivity contribution in [3.63, 3.8) is 0 Å². The van der Waals surface area contributed by atoms with Gasteiger partial charge in [0.25, 0.3) is 0 Å². The molecule has 0 bridgehead atoms. The van der Waals surface area contributed by atoms with Gasteiger partial charge in [-0.1, -0.05) is 30.2 Å². The molecule has 0 fully saturated rings. The van der Waals surface area contributed by atoms with Crippen molar-refractivity contribution in [3.05, 3.63) is 35.7 Å². The van der Waals surface area contributed by atoms with Crippen LogP contribution >= 0.6 is 0 Å². The molecule has 0 aliphatic heterocycles. The third-order valence-corrected chi connectivity index (χ3v) is 2.43. The first kappa shape index (κ1) is 11.6. The summed E-state index contributed by atoms with van der Waals surface area (Å²) in [5, 5.41) is 13.9. The topological polar surface area (TPSA) is 63.0 Å². The highest BCUT2D eigenvalue weighted by atomic mass is 16.4. The largest absolute Gasteiger partial charge is 0.406 e. The summed E-state index contributed by atoms with van der Waals surface area (Å²) in [5.74, 6) is 0.573. The molecule has 2 N–H and O–H groups in total. The average molecular weight is 232 g/mol. The second kappa shape index (κ2) is 5.45. The van der Waals surface area contributed by atoms with Crippen LogP contribution in [0.25, 0.3) is 0 Å². The Morgan fingerprint density at radius 1 is 1.24 bits per heavy atom. The second-order valence-electron chi connectivity index (χ2n) is 3.67. The molecule has 5 nitrogen and oxygen atoms in total. The minimum absolute atomic E-state index is 0.427. The molecule has 1 aromatic heterocycles. The number of anilines is 2. The Bertz CT molecular complexity index is 481. The van der Waals surface area contributed by atoms with Gasteiger partial charge in [0, 0.05) is 5.69 Å². The molecule has 0 radical (unpaired) electrons. The predicted octanol–water partition coefficient (Wildman–Crippen LogP) is 2.09. The Morgan fingerprint density at radius 3 is 2.82 bits per heavy atom. The van der Waals surface area contributed by atoms with Crippen molar-refractivity contribution >= 4 is 11.7 Å². The molecule has 0 atom stereocenters. The fraction of sp³-hybridized carbons (Fsp3) is 0.333. The van der Waals surface area contributed by atoms with E-state index in [9.17, 15) is 0 Å². The van der Waals surface area contributed by atoms with Gasteiger partial charge >= 0.3 is 6.01 Å². The number of hydrogen-bond acceptors (Lipinski definition) is 5. The molecule has 90 valence electrons. The predicted molar refractivity (Wildman–Crippen MR) is 66.2 cm³/mol. The lowest BCUT2D eigenvalue weighted by molar-refractivity contribution is 0.493. The van der Waals surface area contributed by atoms with E-state index < -0.39 is 0 Å². The van der Waals surface area contributed by atoms with E-state index in [1.54, 1.807) is 0 Å². The summed E-state index contributed by atoms with van der Waals surface area (Å²) < 4.78 is 5.43. The molecule has 5 heteroatoms. The molecule has 0 spiro atoms. The maximum absolute atomic E-state index is 5.43. The Balaban J connectivity index is 2.13. The minimum Gasteiger partial charge on any atom is -0.406 e. The summed E-state index contributed by atoms with van der Waals surface area (Å²) in [6.07, 6.45) is 0.959. The van der Waals surface area contributed by atoms with Crippen molar-refractivity contribution in [3.8, 4) is 0 Å². The minimum atomic E-state index is 0.427. The summed E-state index contributed by atoms with van der Waals surface area (Å²) in [6, 6.07) is 8.50. The first-order chi connectivity index (χ1) is 8.33. The smallest absolute Gasteiger partial charge is 0.320 e. The maximum atomic E-state index is 5.43. The van der Waals surface area contributed by atoms with Crippen LogP contribution in [0.4, 0.5) is 11.7 Å². The summed E-state index contributed by atoms with van der Waals surface area (Å²) in [6.45, 7) is 2.69. The molecule has 0 saturated carbocycles. The van der Waals surface area contributed by atoms with Crippen molar-refractivity contribution in [2.45, 2.75) is 19.9 Å². The van der Waals surface area contributed by atoms with E-state index in [-0.39, 0.29) is 0 Å². The van der Waals surface area contributed by atoms with Crippen LogP contribution in [0.3, 0.4) is 0 Å². The molecule has 0 aliphatic carbocycles. The number of aryl methyl sites for hydroxylation is 1. The van der Waals surface area contributed by atoms with E-state index >= 15 is 0 Å². The molecule has 0 amide bonds. The number of hydrogen-bond donors (Lipinski definition) is 2. The SMILES string of the molecule is CCc1ccccc1Nc1nnc(CNC)o1. The van der Waals surface area contributed by atoms with Gasteiger partial charge in [-0.05, 0) is 25.1 Å². The molecular formula is C12H16N4O. The van der Waals surface area contributed by atoms with Crippen LogP contribution in [0, 0.1) is 0 Å². The van der Waals surface area contributed by atoms with Gasteiger partial charge in [-0.2, -0.15) is 0 Å². The van der Waals surface area contributed by atoms with Crippen LogP contribution in [0.15, 0.2) is 28.7 Å². The van der Waals surface area contributed by atoms with Crippen LogP contribution in [0.1, 0.15) is 18.4 Å². The van der Waals surface area contributed by atoms with E-state index in [0.29, 0.717) is 18.5 Å². The van der Waals surface area contributed by atoms with Crippen molar-refractivity contribution in [1.29, 1.82) is 0 Å². The standard InChI is InChI=1S/C12H16N4O/c1-3-9-6-4-5-7-10(9)14-12-16-15-11(17-12)8-13-2/h4-7,13H,3,8H2,1-2H3,(H,14,16). The van der Waals surface area contributed by atoms with Gasteiger partial charge in [-0.3, -0.25) is 0 Å². The average Bonchev–Trinajstić information content (AvgIpc) is 2.78. The van der Waals surface area contributed by atoms with Crippen LogP contribution in [0.5, 0.6) is 0 Å². The number of nitrogens with one attached hydrogen (secondary N) is 2. The molecule has 0 aliphatic rings. The van der Waals surface area contributed by atoms with Crippen molar-refractivity contribution in [2.75, 3.05) is 12.4 Å². The molecule has 17 heavy (non-hydrogen) atoms. The van der Waals surface area contributed by atoms with Crippen LogP contribution < -0.4 is 10.6 Å². The highest BCUT2D eigenvalue weighted by Gasteiger charge is 2.06. The van der Waals surface area contributed by atoms with Crippen LogP contribution in [-0.2, 0) is 13.0 Å². The molecule has 0 saturated heterocycles. The lowest BCUT2D eigenvalue weighted by Crippen LogP contribution is -2.04. The van der Waals surface area contributed by atoms with Gasteiger partial charge in [0.15, 0.2) is 0 Å². The zero-order valence-electron chi connectivity index (χ0n) is 10.0. The van der Waals surface area contributed by atoms with E-state index in [2.05, 4.69) is 33.8 Å². The quantitative estimate of drug-likeness (QED) is 0.826. The molecular weight excluding hydrogens is 216 g/mol. The third-order valence-electron chi connectivity index (χ3n) is 2.43. The molecule has 2 rings (SSSR count). The Morgan fingerprint density at radius 2 is 2.06 bits per heavy atom. The number of nitrogens with zero attached hydrogens (tertiary/aromatic N) is 2. The van der Waals surface area contributed by atoms with Crippen LogP contribution in [0.2, 0.25) is 0 Å². The lowest BCUT2D eigenvalue weighted by Gasteiger charge is -2.06. The van der Waals surface area contributed by atoms with Gasteiger partial charge in [0.1, 0.15) is 0 Å². The monoisotopic (exact) mass is 232 g/mol. The number of para-hydroxylation sites is 1. The van der Waals surface area contributed by atoms with Gasteiger partial charge in [-0.25, -0.2) is 0 Å². The maximum Gasteiger partial charge on any atom is 0.320 e. The summed E-state index contributed by atoms with van der Waals surface area (Å²) in [5.41, 5.74) is 2.23. The number of benzene rings is 1. The normalized spacial score (nSPS) is 10.5. The second-order valence-corrected chi connectivity index (χ2v) is 3.67. The highest BCUT2D eigenvalue weighted by Crippen LogP contribution is 2.20.